The average Bonchev–Trinajstić information content (AvgIpc) is 2.89. The van der Waals surface area contributed by atoms with Crippen LogP contribution in [-0.2, 0) is 4.79 Å². The van der Waals surface area contributed by atoms with Crippen molar-refractivity contribution in [3.63, 3.8) is 0 Å². The van der Waals surface area contributed by atoms with Gasteiger partial charge in [-0.3, -0.25) is 0 Å². The van der Waals surface area contributed by atoms with Gasteiger partial charge in [0.15, 0.2) is 0 Å². The molecule has 4 rings (SSSR count). The van der Waals surface area contributed by atoms with Gasteiger partial charge >= 0.3 is 217 Å². The van der Waals surface area contributed by atoms with Gasteiger partial charge in [-0.15, -0.1) is 0 Å². The van der Waals surface area contributed by atoms with E-state index in [1.807, 2.05) is 6.92 Å². The number of benzene rings is 3. The maximum atomic E-state index is 12.4. The first-order chi connectivity index (χ1) is 17.3. The third-order valence-electron chi connectivity index (χ3n) is 7.55. The summed E-state index contributed by atoms with van der Waals surface area (Å²) in [7, 11) is -2.33. The number of Topliss-reactive ketones (excluding diaryl/α,β-unsaturated/α-hetero) is 1. The van der Waals surface area contributed by atoms with Crippen molar-refractivity contribution >= 4 is 29.0 Å². The maximum absolute atomic E-state index is 12.4. The molecule has 36 heavy (non-hydrogen) atoms. The van der Waals surface area contributed by atoms with Crippen molar-refractivity contribution in [2.75, 3.05) is 6.16 Å². The standard InChI is InChI=1S/C33H37O2P/c1-25(20-21-30-26(2)32(35)31(34)24-33(30,3)4)22-23-36(27-14-8-5-9-15-27,28-16-10-6-11-17-28)29-18-12-7-13-19-29/h5-22,31,34,36H,23-24H2,1-4H3. The molecule has 0 aliphatic heterocycles. The van der Waals surface area contributed by atoms with Gasteiger partial charge in [0.1, 0.15) is 0 Å². The molecule has 1 aliphatic rings. The Kier molecular flexibility index (Phi) is 7.88. The van der Waals surface area contributed by atoms with E-state index in [1.165, 1.54) is 21.5 Å². The molecule has 3 heteroatoms. The zero-order valence-electron chi connectivity index (χ0n) is 21.7. The molecule has 0 amide bonds. The van der Waals surface area contributed by atoms with Crippen molar-refractivity contribution in [1.82, 2.24) is 0 Å². The molecule has 3 aromatic rings. The summed E-state index contributed by atoms with van der Waals surface area (Å²) in [5.74, 6) is -0.153. The molecular formula is C33H37O2P. The summed E-state index contributed by atoms with van der Waals surface area (Å²) in [6.45, 7) is 8.18. The van der Waals surface area contributed by atoms with Crippen molar-refractivity contribution in [1.29, 1.82) is 0 Å². The quantitative estimate of drug-likeness (QED) is 0.327. The Bertz CT molecular complexity index is 1190. The Morgan fingerprint density at radius 3 is 1.78 bits per heavy atom. The van der Waals surface area contributed by atoms with E-state index in [-0.39, 0.29) is 11.2 Å². The predicted molar refractivity (Wildman–Crippen MR) is 156 cm³/mol. The summed E-state index contributed by atoms with van der Waals surface area (Å²) >= 11 is 0. The number of allylic oxidation sites excluding steroid dienone is 5. The first kappa shape index (κ1) is 26.0. The van der Waals surface area contributed by atoms with Crippen LogP contribution < -0.4 is 15.9 Å². The second-order valence-corrected chi connectivity index (χ2v) is 14.4. The third kappa shape index (κ3) is 5.21. The summed E-state index contributed by atoms with van der Waals surface area (Å²) in [4.78, 5) is 12.4. The van der Waals surface area contributed by atoms with Crippen molar-refractivity contribution in [2.24, 2.45) is 5.41 Å². The first-order valence-electron chi connectivity index (χ1n) is 12.7. The first-order valence-corrected chi connectivity index (χ1v) is 14.9. The molecule has 1 aliphatic carbocycles. The van der Waals surface area contributed by atoms with Crippen molar-refractivity contribution in [3.05, 3.63) is 126 Å². The average molecular weight is 497 g/mol. The second kappa shape index (κ2) is 10.9. The molecule has 0 bridgehead atoms. The molecule has 0 saturated carbocycles. The number of carbonyl (C=O) groups excluding carboxylic acids is 1. The molecule has 0 aromatic heterocycles. The second-order valence-electron chi connectivity index (χ2n) is 10.5. The number of aliphatic hydroxyl groups is 1. The van der Waals surface area contributed by atoms with Crippen LogP contribution in [0.1, 0.15) is 34.1 Å². The molecule has 186 valence electrons. The van der Waals surface area contributed by atoms with Crippen LogP contribution in [0.3, 0.4) is 0 Å². The molecule has 3 aromatic carbocycles. The monoisotopic (exact) mass is 496 g/mol. The minimum atomic E-state index is -2.33. The van der Waals surface area contributed by atoms with Gasteiger partial charge < -0.3 is 0 Å². The van der Waals surface area contributed by atoms with Crippen LogP contribution >= 0.6 is 7.26 Å². The topological polar surface area (TPSA) is 37.3 Å². The molecule has 0 heterocycles. The zero-order valence-corrected chi connectivity index (χ0v) is 22.7. The van der Waals surface area contributed by atoms with Gasteiger partial charge in [-0.2, -0.15) is 0 Å². The SMILES string of the molecule is CC(C=CC1=C(C)C(=O)C(O)CC1(C)C)=CC[PH](c1ccccc1)(c1ccccc1)c1ccccc1. The number of carbonyl (C=O) groups is 1. The van der Waals surface area contributed by atoms with Crippen LogP contribution in [0.5, 0.6) is 0 Å². The molecule has 0 saturated heterocycles. The molecule has 1 N–H and O–H groups in total. The Hall–Kier alpha value is -3.06. The van der Waals surface area contributed by atoms with E-state index >= 15 is 0 Å². The van der Waals surface area contributed by atoms with E-state index < -0.39 is 13.4 Å². The van der Waals surface area contributed by atoms with Crippen LogP contribution in [0.25, 0.3) is 0 Å². The summed E-state index contributed by atoms with van der Waals surface area (Å²) in [5.41, 5.74) is 2.61. The normalized spacial score (nSPS) is 19.1. The van der Waals surface area contributed by atoms with E-state index in [4.69, 9.17) is 0 Å². The molecule has 1 atom stereocenters. The van der Waals surface area contributed by atoms with E-state index in [0.29, 0.717) is 12.0 Å². The van der Waals surface area contributed by atoms with Gasteiger partial charge in [0.05, 0.1) is 0 Å². The van der Waals surface area contributed by atoms with E-state index in [2.05, 4.69) is 130 Å². The van der Waals surface area contributed by atoms with Gasteiger partial charge in [-0.1, -0.05) is 0 Å². The van der Waals surface area contributed by atoms with Gasteiger partial charge in [-0.05, 0) is 0 Å². The Morgan fingerprint density at radius 2 is 1.33 bits per heavy atom. The number of hydrogen-bond donors (Lipinski definition) is 1. The number of aliphatic hydroxyl groups excluding tert-OH is 1. The fourth-order valence-electron chi connectivity index (χ4n) is 5.55. The van der Waals surface area contributed by atoms with Gasteiger partial charge in [0.25, 0.3) is 0 Å². The van der Waals surface area contributed by atoms with Crippen LogP contribution in [-0.4, -0.2) is 23.2 Å². The van der Waals surface area contributed by atoms with E-state index in [9.17, 15) is 9.90 Å². The van der Waals surface area contributed by atoms with E-state index in [0.717, 1.165) is 11.7 Å². The van der Waals surface area contributed by atoms with E-state index in [1.54, 1.807) is 0 Å². The molecule has 0 fully saturated rings. The van der Waals surface area contributed by atoms with Gasteiger partial charge in [0, 0.05) is 0 Å². The third-order valence-corrected chi connectivity index (χ3v) is 12.3. The minimum absolute atomic E-state index is 0.153. The Balaban J connectivity index is 1.77. The van der Waals surface area contributed by atoms with Crippen LogP contribution in [0.4, 0.5) is 0 Å². The number of ketones is 1. The Morgan fingerprint density at radius 1 is 0.889 bits per heavy atom. The Labute approximate surface area is 216 Å². The zero-order chi connectivity index (χ0) is 25.8. The fraction of sp³-hybridized carbons (Fsp3) is 0.242. The summed E-state index contributed by atoms with van der Waals surface area (Å²) in [6, 6.07) is 32.8. The van der Waals surface area contributed by atoms with Crippen molar-refractivity contribution < 1.29 is 9.90 Å². The van der Waals surface area contributed by atoms with Crippen molar-refractivity contribution in [3.8, 4) is 0 Å². The summed E-state index contributed by atoms with van der Waals surface area (Å²) in [6.07, 6.45) is 7.06. The number of rotatable bonds is 7. The van der Waals surface area contributed by atoms with Crippen LogP contribution in [0.15, 0.2) is 126 Å². The molecule has 0 radical (unpaired) electrons. The molecule has 0 spiro atoms. The van der Waals surface area contributed by atoms with Crippen LogP contribution in [0, 0.1) is 5.41 Å². The number of hydrogen-bond acceptors (Lipinski definition) is 2. The van der Waals surface area contributed by atoms with Crippen molar-refractivity contribution in [2.45, 2.75) is 40.2 Å². The molecule has 1 unspecified atom stereocenters. The molecule has 2 nitrogen and oxygen atoms in total. The summed E-state index contributed by atoms with van der Waals surface area (Å²) in [5, 5.41) is 14.3. The van der Waals surface area contributed by atoms with Gasteiger partial charge in [0.2, 0.25) is 0 Å². The van der Waals surface area contributed by atoms with Crippen LogP contribution in [0.2, 0.25) is 0 Å². The fourth-order valence-corrected chi connectivity index (χ4v) is 10.2. The van der Waals surface area contributed by atoms with Gasteiger partial charge in [-0.25, -0.2) is 0 Å². The predicted octanol–water partition coefficient (Wildman–Crippen LogP) is 5.89. The summed E-state index contributed by atoms with van der Waals surface area (Å²) < 4.78 is 0. The molecular weight excluding hydrogens is 459 g/mol.